The summed E-state index contributed by atoms with van der Waals surface area (Å²) in [6.45, 7) is 4.51. The number of hydrogen-bond donors (Lipinski definition) is 2. The average Bonchev–Trinajstić information content (AvgIpc) is 2.29. The van der Waals surface area contributed by atoms with Crippen LogP contribution in [0.25, 0.3) is 0 Å². The first-order valence-corrected chi connectivity index (χ1v) is 6.26. The van der Waals surface area contributed by atoms with Crippen molar-refractivity contribution in [3.05, 3.63) is 39.3 Å². The fourth-order valence-electron chi connectivity index (χ4n) is 1.14. The predicted octanol–water partition coefficient (Wildman–Crippen LogP) is 2.83. The second-order valence-corrected chi connectivity index (χ2v) is 4.70. The lowest BCUT2D eigenvalue weighted by Gasteiger charge is -2.09. The van der Waals surface area contributed by atoms with Gasteiger partial charge in [0.25, 0.3) is 0 Å². The molecule has 1 unspecified atom stereocenters. The average molecular weight is 259 g/mol. The molecule has 1 atom stereocenters. The Morgan fingerprint density at radius 3 is 2.94 bits per heavy atom. The second kappa shape index (κ2) is 6.81. The molecule has 0 fully saturated rings. The Balaban J connectivity index is 3.13. The van der Waals surface area contributed by atoms with Crippen LogP contribution in [0.1, 0.15) is 24.4 Å². The highest BCUT2D eigenvalue weighted by molar-refractivity contribution is 7.13. The Labute approximate surface area is 104 Å². The minimum absolute atomic E-state index is 0.470. The molecule has 1 aromatic rings. The van der Waals surface area contributed by atoms with E-state index in [1.807, 2.05) is 37.4 Å². The Morgan fingerprint density at radius 1 is 1.50 bits per heavy atom. The maximum atomic E-state index is 9.80. The number of nitrogens with zero attached hydrogens (tertiary/aromatic N) is 1. The number of rotatable bonds is 3. The lowest BCUT2D eigenvalue weighted by Crippen LogP contribution is -2.19. The van der Waals surface area contributed by atoms with E-state index in [2.05, 4.69) is 10.3 Å². The fraction of sp³-hybridized carbons (Fsp3) is 0.364. The van der Waals surface area contributed by atoms with Gasteiger partial charge in [0.2, 0.25) is 0 Å². The number of aryl methyl sites for hydroxylation is 1. The van der Waals surface area contributed by atoms with Gasteiger partial charge in [-0.2, -0.15) is 0 Å². The van der Waals surface area contributed by atoms with E-state index < -0.39 is 6.23 Å². The summed E-state index contributed by atoms with van der Waals surface area (Å²) in [5.41, 5.74) is 1.60. The predicted molar refractivity (Wildman–Crippen MR) is 68.1 cm³/mol. The lowest BCUT2D eigenvalue weighted by atomic mass is 10.2. The number of aromatic nitrogens is 1. The first-order valence-electron chi connectivity index (χ1n) is 5.00. The third-order valence-corrected chi connectivity index (χ3v) is 2.83. The molecule has 2 N–H and O–H groups in total. The standard InChI is InChI=1S/C11H15ClN2OS/c1-3-13-10(15)9-5-4-8(2)14-11(12)16-7-6-9/h4-7,10,13,15H,3H2,1-2H3. The molecule has 0 aliphatic rings. The quantitative estimate of drug-likeness (QED) is 0.820. The van der Waals surface area contributed by atoms with Gasteiger partial charge in [0.1, 0.15) is 6.23 Å². The van der Waals surface area contributed by atoms with Crippen LogP contribution in [0.3, 0.4) is 0 Å². The summed E-state index contributed by atoms with van der Waals surface area (Å²) < 4.78 is 0.470. The molecule has 0 saturated heterocycles. The van der Waals surface area contributed by atoms with Crippen molar-refractivity contribution in [2.45, 2.75) is 20.1 Å². The summed E-state index contributed by atoms with van der Waals surface area (Å²) in [6, 6.07) is 5.48. The van der Waals surface area contributed by atoms with Crippen LogP contribution in [0.4, 0.5) is 0 Å². The Kier molecular flexibility index (Phi) is 5.69. The van der Waals surface area contributed by atoms with Gasteiger partial charge in [-0.3, -0.25) is 5.32 Å². The van der Waals surface area contributed by atoms with Crippen molar-refractivity contribution in [3.63, 3.8) is 0 Å². The number of hydrogen-bond acceptors (Lipinski definition) is 4. The minimum Gasteiger partial charge on any atom is -0.374 e. The zero-order chi connectivity index (χ0) is 12.0. The summed E-state index contributed by atoms with van der Waals surface area (Å²) >= 11 is 7.19. The zero-order valence-corrected chi connectivity index (χ0v) is 10.8. The van der Waals surface area contributed by atoms with Crippen molar-refractivity contribution in [2.75, 3.05) is 6.54 Å². The zero-order valence-electron chi connectivity index (χ0n) is 9.27. The maximum absolute atomic E-state index is 9.80. The van der Waals surface area contributed by atoms with Crippen LogP contribution in [0.2, 0.25) is 4.47 Å². The molecule has 0 saturated carbocycles. The van der Waals surface area contributed by atoms with E-state index in [0.29, 0.717) is 11.0 Å². The van der Waals surface area contributed by atoms with Crippen molar-refractivity contribution >= 4 is 22.9 Å². The molecule has 0 aliphatic carbocycles. The highest BCUT2D eigenvalue weighted by atomic mass is 35.5. The van der Waals surface area contributed by atoms with E-state index in [-0.39, 0.29) is 0 Å². The molecule has 0 aromatic carbocycles. The highest BCUT2D eigenvalue weighted by Gasteiger charge is 2.02. The minimum atomic E-state index is -0.664. The normalized spacial score (nSPS) is 12.0. The SMILES string of the molecule is CCNC(O)c1ccsc(Cl)nc(C)cc1. The molecular weight excluding hydrogens is 244 g/mol. The first kappa shape index (κ1) is 13.4. The second-order valence-electron chi connectivity index (χ2n) is 3.22. The van der Waals surface area contributed by atoms with E-state index in [4.69, 9.17) is 11.6 Å². The molecule has 0 amide bonds. The maximum Gasteiger partial charge on any atom is 0.183 e. The van der Waals surface area contributed by atoms with Crippen molar-refractivity contribution < 1.29 is 5.11 Å². The van der Waals surface area contributed by atoms with Crippen molar-refractivity contribution in [2.24, 2.45) is 0 Å². The van der Waals surface area contributed by atoms with Crippen molar-refractivity contribution in [3.8, 4) is 0 Å². The van der Waals surface area contributed by atoms with Gasteiger partial charge in [0.05, 0.1) is 0 Å². The molecule has 1 aromatic heterocycles. The third-order valence-electron chi connectivity index (χ3n) is 1.92. The summed E-state index contributed by atoms with van der Waals surface area (Å²) in [6.07, 6.45) is -0.664. The highest BCUT2D eigenvalue weighted by Crippen LogP contribution is 2.12. The van der Waals surface area contributed by atoms with Gasteiger partial charge in [-0.1, -0.05) is 24.6 Å². The molecule has 3 nitrogen and oxygen atoms in total. The monoisotopic (exact) mass is 258 g/mol. The summed E-state index contributed by atoms with van der Waals surface area (Å²) in [5.74, 6) is 0. The van der Waals surface area contributed by atoms with Gasteiger partial charge in [-0.15, -0.1) is 11.3 Å². The molecule has 0 spiro atoms. The van der Waals surface area contributed by atoms with Crippen LogP contribution >= 0.6 is 22.9 Å². The van der Waals surface area contributed by atoms with E-state index in [1.165, 1.54) is 11.3 Å². The molecule has 0 aliphatic heterocycles. The van der Waals surface area contributed by atoms with Gasteiger partial charge in [-0.05, 0) is 36.5 Å². The Hall–Kier alpha value is -0.680. The Bertz CT molecular complexity index is 394. The molecule has 0 radical (unpaired) electrons. The topological polar surface area (TPSA) is 45.1 Å². The van der Waals surface area contributed by atoms with Gasteiger partial charge < -0.3 is 5.11 Å². The van der Waals surface area contributed by atoms with E-state index in [0.717, 1.165) is 11.3 Å². The summed E-state index contributed by atoms with van der Waals surface area (Å²) in [5, 5.41) is 14.5. The van der Waals surface area contributed by atoms with Gasteiger partial charge in [0.15, 0.2) is 4.47 Å². The van der Waals surface area contributed by atoms with E-state index in [1.54, 1.807) is 0 Å². The van der Waals surface area contributed by atoms with Crippen LogP contribution in [0, 0.1) is 6.92 Å². The van der Waals surface area contributed by atoms with Gasteiger partial charge in [-0.25, -0.2) is 4.98 Å². The number of nitrogens with one attached hydrogen (secondary N) is 1. The largest absolute Gasteiger partial charge is 0.374 e. The van der Waals surface area contributed by atoms with E-state index >= 15 is 0 Å². The van der Waals surface area contributed by atoms with E-state index in [9.17, 15) is 5.11 Å². The number of aliphatic hydroxyl groups excluding tert-OH is 1. The molecule has 16 heavy (non-hydrogen) atoms. The number of halogens is 1. The fourth-order valence-corrected chi connectivity index (χ4v) is 1.96. The molecule has 88 valence electrons. The molecule has 1 heterocycles. The smallest absolute Gasteiger partial charge is 0.183 e. The molecule has 0 bridgehead atoms. The molecule has 5 heteroatoms. The summed E-state index contributed by atoms with van der Waals surface area (Å²) in [7, 11) is 0. The van der Waals surface area contributed by atoms with Crippen molar-refractivity contribution in [1.82, 2.24) is 10.3 Å². The summed E-state index contributed by atoms with van der Waals surface area (Å²) in [4.78, 5) is 4.14. The Morgan fingerprint density at radius 2 is 2.25 bits per heavy atom. The van der Waals surface area contributed by atoms with Crippen LogP contribution in [-0.2, 0) is 0 Å². The van der Waals surface area contributed by atoms with Crippen LogP contribution in [0.15, 0.2) is 23.6 Å². The third kappa shape index (κ3) is 4.45. The van der Waals surface area contributed by atoms with Gasteiger partial charge in [0, 0.05) is 5.69 Å². The van der Waals surface area contributed by atoms with Gasteiger partial charge >= 0.3 is 0 Å². The molecule has 1 rings (SSSR count). The van der Waals surface area contributed by atoms with Crippen LogP contribution < -0.4 is 5.32 Å². The van der Waals surface area contributed by atoms with Crippen LogP contribution in [-0.4, -0.2) is 16.6 Å². The number of aliphatic hydroxyl groups is 1. The lowest BCUT2D eigenvalue weighted by molar-refractivity contribution is 0.142. The first-order chi connectivity index (χ1) is 7.63. The molecular formula is C11H15ClN2OS. The van der Waals surface area contributed by atoms with Crippen LogP contribution in [0.5, 0.6) is 0 Å². The van der Waals surface area contributed by atoms with Crippen molar-refractivity contribution in [1.29, 1.82) is 0 Å².